The molecule has 3 atom stereocenters. The number of nitrogens with one attached hydrogen (secondary N) is 1. The fourth-order valence-corrected chi connectivity index (χ4v) is 3.13. The normalized spacial score (nSPS) is 31.2. The van der Waals surface area contributed by atoms with Crippen molar-refractivity contribution in [3.63, 3.8) is 0 Å². The Morgan fingerprint density at radius 1 is 1.33 bits per heavy atom. The van der Waals surface area contributed by atoms with Gasteiger partial charge in [-0.15, -0.1) is 0 Å². The second kappa shape index (κ2) is 6.02. The largest absolute Gasteiger partial charge is 0.368 e. The van der Waals surface area contributed by atoms with Crippen molar-refractivity contribution in [1.29, 1.82) is 0 Å². The molecule has 1 aliphatic heterocycles. The predicted molar refractivity (Wildman–Crippen MR) is 73.1 cm³/mol. The van der Waals surface area contributed by atoms with Crippen molar-refractivity contribution in [2.45, 2.75) is 51.6 Å². The van der Waals surface area contributed by atoms with Gasteiger partial charge in [0.05, 0.1) is 6.04 Å². The average Bonchev–Trinajstić information content (AvgIpc) is 3.06. The number of amides is 1. The van der Waals surface area contributed by atoms with Crippen molar-refractivity contribution in [2.75, 3.05) is 19.6 Å². The van der Waals surface area contributed by atoms with E-state index in [4.69, 9.17) is 5.73 Å². The van der Waals surface area contributed by atoms with Gasteiger partial charge < -0.3 is 16.0 Å². The van der Waals surface area contributed by atoms with Crippen LogP contribution in [0.5, 0.6) is 0 Å². The summed E-state index contributed by atoms with van der Waals surface area (Å²) < 4.78 is 0. The van der Waals surface area contributed by atoms with E-state index in [0.29, 0.717) is 6.04 Å². The molecule has 3 N–H and O–H groups in total. The van der Waals surface area contributed by atoms with E-state index >= 15 is 0 Å². The van der Waals surface area contributed by atoms with Gasteiger partial charge in [-0.25, -0.2) is 0 Å². The lowest BCUT2D eigenvalue weighted by atomic mass is 9.91. The van der Waals surface area contributed by atoms with Crippen molar-refractivity contribution in [3.8, 4) is 0 Å². The highest BCUT2D eigenvalue weighted by Gasteiger charge is 2.28. The number of carbonyl (C=O) groups is 1. The third-order valence-electron chi connectivity index (χ3n) is 4.04. The second-order valence-corrected chi connectivity index (χ2v) is 6.39. The standard InChI is InChI=1S/C14H27N3O/c1-10-7-11(2)9-17(8-10)6-5-13(14(15)18)16-12-3-4-12/h10-13,16H,3-9H2,1-2H3,(H2,15,18). The zero-order valence-electron chi connectivity index (χ0n) is 11.7. The summed E-state index contributed by atoms with van der Waals surface area (Å²) in [6, 6.07) is 0.409. The SMILES string of the molecule is CC1CC(C)CN(CCC(NC2CC2)C(N)=O)C1. The van der Waals surface area contributed by atoms with Gasteiger partial charge in [0.25, 0.3) is 0 Å². The van der Waals surface area contributed by atoms with Crippen LogP contribution in [0.1, 0.15) is 39.5 Å². The van der Waals surface area contributed by atoms with Crippen LogP contribution in [0, 0.1) is 11.8 Å². The number of nitrogens with zero attached hydrogens (tertiary/aromatic N) is 1. The third kappa shape index (κ3) is 4.25. The molecule has 1 amide bonds. The van der Waals surface area contributed by atoms with Crippen LogP contribution >= 0.6 is 0 Å². The molecule has 0 aromatic carbocycles. The van der Waals surface area contributed by atoms with Gasteiger partial charge in [-0.1, -0.05) is 13.8 Å². The van der Waals surface area contributed by atoms with Gasteiger partial charge in [-0.05, 0) is 37.5 Å². The Kier molecular flexibility index (Phi) is 4.62. The van der Waals surface area contributed by atoms with Gasteiger partial charge in [0.1, 0.15) is 0 Å². The van der Waals surface area contributed by atoms with Crippen LogP contribution in [0.25, 0.3) is 0 Å². The topological polar surface area (TPSA) is 58.4 Å². The lowest BCUT2D eigenvalue weighted by molar-refractivity contribution is -0.120. The Morgan fingerprint density at radius 2 is 1.94 bits per heavy atom. The molecule has 2 rings (SSSR count). The molecule has 0 aromatic rings. The zero-order valence-corrected chi connectivity index (χ0v) is 11.7. The van der Waals surface area contributed by atoms with Crippen LogP contribution in [-0.4, -0.2) is 42.5 Å². The van der Waals surface area contributed by atoms with Gasteiger partial charge in [0.2, 0.25) is 5.91 Å². The average molecular weight is 253 g/mol. The lowest BCUT2D eigenvalue weighted by Gasteiger charge is -2.35. The van der Waals surface area contributed by atoms with Crippen molar-refractivity contribution in [3.05, 3.63) is 0 Å². The highest BCUT2D eigenvalue weighted by molar-refractivity contribution is 5.79. The molecule has 2 fully saturated rings. The second-order valence-electron chi connectivity index (χ2n) is 6.39. The fourth-order valence-electron chi connectivity index (χ4n) is 3.13. The summed E-state index contributed by atoms with van der Waals surface area (Å²) in [6.45, 7) is 7.95. The number of carbonyl (C=O) groups excluding carboxylic acids is 1. The van der Waals surface area contributed by atoms with Crippen molar-refractivity contribution in [2.24, 2.45) is 17.6 Å². The van der Waals surface area contributed by atoms with Gasteiger partial charge in [-0.3, -0.25) is 4.79 Å². The van der Waals surface area contributed by atoms with Crippen molar-refractivity contribution < 1.29 is 4.79 Å². The van der Waals surface area contributed by atoms with E-state index in [2.05, 4.69) is 24.1 Å². The van der Waals surface area contributed by atoms with E-state index in [0.717, 1.165) is 24.8 Å². The molecule has 0 radical (unpaired) electrons. The van der Waals surface area contributed by atoms with Crippen LogP contribution in [0.15, 0.2) is 0 Å². The molecular weight excluding hydrogens is 226 g/mol. The maximum atomic E-state index is 11.4. The molecule has 4 heteroatoms. The van der Waals surface area contributed by atoms with E-state index in [-0.39, 0.29) is 11.9 Å². The van der Waals surface area contributed by atoms with Gasteiger partial charge in [0, 0.05) is 25.7 Å². The number of rotatable bonds is 6. The Morgan fingerprint density at radius 3 is 2.44 bits per heavy atom. The Labute approximate surface area is 110 Å². The monoisotopic (exact) mass is 253 g/mol. The fraction of sp³-hybridized carbons (Fsp3) is 0.929. The highest BCUT2D eigenvalue weighted by atomic mass is 16.1. The molecule has 4 nitrogen and oxygen atoms in total. The number of primary amides is 1. The smallest absolute Gasteiger partial charge is 0.234 e. The first-order valence-corrected chi connectivity index (χ1v) is 7.32. The Bertz CT molecular complexity index is 281. The molecule has 104 valence electrons. The minimum absolute atomic E-state index is 0.134. The van der Waals surface area contributed by atoms with Crippen LogP contribution in [0.2, 0.25) is 0 Å². The first kappa shape index (κ1) is 13.8. The van der Waals surface area contributed by atoms with Gasteiger partial charge in [0.15, 0.2) is 0 Å². The van der Waals surface area contributed by atoms with E-state index < -0.39 is 0 Å². The minimum atomic E-state index is -0.194. The molecule has 0 aromatic heterocycles. The summed E-state index contributed by atoms with van der Waals surface area (Å²) in [5, 5.41) is 3.35. The molecule has 1 saturated heterocycles. The minimum Gasteiger partial charge on any atom is -0.368 e. The quantitative estimate of drug-likeness (QED) is 0.741. The number of hydrogen-bond acceptors (Lipinski definition) is 3. The summed E-state index contributed by atoms with van der Waals surface area (Å²) in [4.78, 5) is 13.9. The molecule has 1 saturated carbocycles. The van der Waals surface area contributed by atoms with Crippen molar-refractivity contribution in [1.82, 2.24) is 10.2 Å². The van der Waals surface area contributed by atoms with Crippen LogP contribution < -0.4 is 11.1 Å². The molecule has 3 unspecified atom stereocenters. The first-order valence-electron chi connectivity index (χ1n) is 7.32. The van der Waals surface area contributed by atoms with Crippen LogP contribution in [-0.2, 0) is 4.79 Å². The van der Waals surface area contributed by atoms with E-state index in [1.54, 1.807) is 0 Å². The van der Waals surface area contributed by atoms with E-state index in [9.17, 15) is 4.79 Å². The number of likely N-dealkylation sites (tertiary alicyclic amines) is 1. The first-order chi connectivity index (χ1) is 8.54. The number of piperidine rings is 1. The summed E-state index contributed by atoms with van der Waals surface area (Å²) in [5.74, 6) is 1.36. The summed E-state index contributed by atoms with van der Waals surface area (Å²) in [6.07, 6.45) is 4.57. The maximum absolute atomic E-state index is 11.4. The van der Waals surface area contributed by atoms with Gasteiger partial charge in [-0.2, -0.15) is 0 Å². The molecule has 0 spiro atoms. The van der Waals surface area contributed by atoms with Crippen LogP contribution in [0.4, 0.5) is 0 Å². The third-order valence-corrected chi connectivity index (χ3v) is 4.04. The number of hydrogen-bond donors (Lipinski definition) is 2. The highest BCUT2D eigenvalue weighted by Crippen LogP contribution is 2.22. The molecular formula is C14H27N3O. The summed E-state index contributed by atoms with van der Waals surface area (Å²) in [5.41, 5.74) is 5.46. The zero-order chi connectivity index (χ0) is 13.1. The van der Waals surface area contributed by atoms with Gasteiger partial charge >= 0.3 is 0 Å². The molecule has 18 heavy (non-hydrogen) atoms. The predicted octanol–water partition coefficient (Wildman–Crippen LogP) is 0.960. The Balaban J connectivity index is 1.75. The summed E-state index contributed by atoms with van der Waals surface area (Å²) in [7, 11) is 0. The van der Waals surface area contributed by atoms with Crippen LogP contribution in [0.3, 0.4) is 0 Å². The molecule has 2 aliphatic rings. The van der Waals surface area contributed by atoms with E-state index in [1.807, 2.05) is 0 Å². The number of nitrogens with two attached hydrogens (primary N) is 1. The molecule has 0 bridgehead atoms. The van der Waals surface area contributed by atoms with Crippen molar-refractivity contribution >= 4 is 5.91 Å². The summed E-state index contributed by atoms with van der Waals surface area (Å²) >= 11 is 0. The Hall–Kier alpha value is -0.610. The maximum Gasteiger partial charge on any atom is 0.234 e. The lowest BCUT2D eigenvalue weighted by Crippen LogP contribution is -2.46. The molecule has 1 heterocycles. The molecule has 1 aliphatic carbocycles. The van der Waals surface area contributed by atoms with E-state index in [1.165, 1.54) is 32.4 Å².